The average molecular weight is 425 g/mol. The topological polar surface area (TPSA) is 63.2 Å². The van der Waals surface area contributed by atoms with Crippen LogP contribution in [-0.2, 0) is 22.2 Å². The highest BCUT2D eigenvalue weighted by Crippen LogP contribution is 2.37. The third-order valence-electron chi connectivity index (χ3n) is 3.70. The van der Waals surface area contributed by atoms with Crippen LogP contribution in [-0.4, -0.2) is 20.1 Å². The van der Waals surface area contributed by atoms with Crippen molar-refractivity contribution in [2.24, 2.45) is 0 Å². The van der Waals surface area contributed by atoms with Gasteiger partial charge in [0.05, 0.1) is 21.8 Å². The molecule has 1 amide bonds. The zero-order valence-corrected chi connectivity index (χ0v) is 15.0. The van der Waals surface area contributed by atoms with Crippen molar-refractivity contribution in [2.75, 3.05) is 11.1 Å². The largest absolute Gasteiger partial charge is 0.416 e. The number of amides is 1. The maximum Gasteiger partial charge on any atom is 0.416 e. The average Bonchev–Trinajstić information content (AvgIpc) is 2.60. The smallest absolute Gasteiger partial charge is 0.322 e. The van der Waals surface area contributed by atoms with Crippen LogP contribution >= 0.6 is 0 Å². The summed E-state index contributed by atoms with van der Waals surface area (Å²) in [5.74, 6) is -1.17. The van der Waals surface area contributed by atoms with E-state index in [9.17, 15) is 39.6 Å². The summed E-state index contributed by atoms with van der Waals surface area (Å²) in [6.07, 6.45) is -10.1. The molecule has 0 radical (unpaired) electrons. The highest BCUT2D eigenvalue weighted by Gasteiger charge is 2.37. The van der Waals surface area contributed by atoms with E-state index in [1.807, 2.05) is 5.32 Å². The summed E-state index contributed by atoms with van der Waals surface area (Å²) in [7, 11) is -3.53. The molecule has 0 heterocycles. The van der Waals surface area contributed by atoms with E-state index in [2.05, 4.69) is 0 Å². The third-order valence-corrected chi connectivity index (χ3v) is 5.45. The van der Waals surface area contributed by atoms with Crippen LogP contribution in [0, 0.1) is 0 Å². The highest BCUT2D eigenvalue weighted by molar-refractivity contribution is 7.91. The van der Waals surface area contributed by atoms with Gasteiger partial charge in [-0.05, 0) is 42.5 Å². The van der Waals surface area contributed by atoms with Crippen molar-refractivity contribution in [3.05, 3.63) is 59.2 Å². The van der Waals surface area contributed by atoms with Crippen molar-refractivity contribution in [1.82, 2.24) is 0 Å². The summed E-state index contributed by atoms with van der Waals surface area (Å²) < 4.78 is 101. The van der Waals surface area contributed by atoms with Gasteiger partial charge in [0, 0.05) is 11.3 Å². The van der Waals surface area contributed by atoms with Crippen molar-refractivity contribution >= 4 is 21.4 Å². The van der Waals surface area contributed by atoms with Crippen molar-refractivity contribution in [1.29, 1.82) is 0 Å². The van der Waals surface area contributed by atoms with E-state index in [0.29, 0.717) is 12.1 Å². The molecule has 0 spiro atoms. The predicted octanol–water partition coefficient (Wildman–Crippen LogP) is 4.77. The van der Waals surface area contributed by atoms with Crippen LogP contribution in [0.3, 0.4) is 0 Å². The molecule has 0 aromatic heterocycles. The molecule has 4 nitrogen and oxygen atoms in total. The van der Waals surface area contributed by atoms with Gasteiger partial charge in [-0.1, -0.05) is 6.92 Å². The first-order chi connectivity index (χ1) is 12.7. The Kier molecular flexibility index (Phi) is 5.79. The number of nitrogens with one attached hydrogen (secondary N) is 1. The van der Waals surface area contributed by atoms with E-state index in [-0.39, 0.29) is 22.3 Å². The quantitative estimate of drug-likeness (QED) is 0.718. The Labute approximate surface area is 156 Å². The van der Waals surface area contributed by atoms with Crippen LogP contribution in [0.1, 0.15) is 28.4 Å². The molecule has 28 heavy (non-hydrogen) atoms. The van der Waals surface area contributed by atoms with E-state index in [0.717, 1.165) is 24.3 Å². The predicted molar refractivity (Wildman–Crippen MR) is 88.6 cm³/mol. The van der Waals surface area contributed by atoms with Gasteiger partial charge in [0.2, 0.25) is 0 Å². The Balaban J connectivity index is 2.35. The van der Waals surface area contributed by atoms with Crippen LogP contribution in [0.25, 0.3) is 0 Å². The SMILES string of the molecule is CCS(=O)(=O)c1ccc(C(=O)Nc2cc(C(F)(F)F)cc(C(F)(F)F)c2)cc1. The number of rotatable bonds is 4. The first-order valence-corrected chi connectivity index (χ1v) is 9.33. The van der Waals surface area contributed by atoms with Gasteiger partial charge in [0.15, 0.2) is 9.84 Å². The van der Waals surface area contributed by atoms with Crippen LogP contribution in [0.15, 0.2) is 47.4 Å². The first kappa shape index (κ1) is 21.7. The van der Waals surface area contributed by atoms with E-state index in [1.165, 1.54) is 6.92 Å². The van der Waals surface area contributed by atoms with E-state index in [4.69, 9.17) is 0 Å². The second kappa shape index (κ2) is 7.46. The van der Waals surface area contributed by atoms with Crippen molar-refractivity contribution in [3.8, 4) is 0 Å². The molecule has 11 heteroatoms. The number of hydrogen-bond acceptors (Lipinski definition) is 3. The maximum absolute atomic E-state index is 12.8. The van der Waals surface area contributed by atoms with Crippen molar-refractivity contribution < 1.29 is 39.6 Å². The summed E-state index contributed by atoms with van der Waals surface area (Å²) in [6, 6.07) is 5.17. The number of carbonyl (C=O) groups excluding carboxylic acids is 1. The van der Waals surface area contributed by atoms with Crippen LogP contribution in [0.4, 0.5) is 32.0 Å². The van der Waals surface area contributed by atoms with Gasteiger partial charge in [-0.2, -0.15) is 26.3 Å². The number of hydrogen-bond donors (Lipinski definition) is 1. The second-order valence-corrected chi connectivity index (χ2v) is 7.95. The molecule has 0 bridgehead atoms. The Morgan fingerprint density at radius 1 is 0.893 bits per heavy atom. The number of anilines is 1. The number of halogens is 6. The van der Waals surface area contributed by atoms with E-state index in [1.54, 1.807) is 0 Å². The Hall–Kier alpha value is -2.56. The fraction of sp³-hybridized carbons (Fsp3) is 0.235. The lowest BCUT2D eigenvalue weighted by Gasteiger charge is -2.15. The standard InChI is InChI=1S/C17H13F6NO3S/c1-2-28(26,27)14-5-3-10(4-6-14)15(25)24-13-8-11(16(18,19)20)7-12(9-13)17(21,22)23/h3-9H,2H2,1H3,(H,24,25). The highest BCUT2D eigenvalue weighted by atomic mass is 32.2. The van der Waals surface area contributed by atoms with Crippen LogP contribution < -0.4 is 5.32 Å². The van der Waals surface area contributed by atoms with Crippen molar-refractivity contribution in [3.63, 3.8) is 0 Å². The summed E-state index contributed by atoms with van der Waals surface area (Å²) in [5.41, 5.74) is -3.97. The fourth-order valence-corrected chi connectivity index (χ4v) is 3.09. The maximum atomic E-state index is 12.8. The van der Waals surface area contributed by atoms with Gasteiger partial charge in [-0.3, -0.25) is 4.79 Å². The monoisotopic (exact) mass is 425 g/mol. The Morgan fingerprint density at radius 3 is 1.75 bits per heavy atom. The molecule has 0 aliphatic carbocycles. The van der Waals surface area contributed by atoms with Gasteiger partial charge >= 0.3 is 12.4 Å². The lowest BCUT2D eigenvalue weighted by Crippen LogP contribution is -2.16. The molecule has 0 atom stereocenters. The molecule has 0 saturated carbocycles. The lowest BCUT2D eigenvalue weighted by atomic mass is 10.1. The molecule has 2 rings (SSSR count). The zero-order chi connectivity index (χ0) is 21.3. The third kappa shape index (κ3) is 5.03. The van der Waals surface area contributed by atoms with Crippen LogP contribution in [0.2, 0.25) is 0 Å². The van der Waals surface area contributed by atoms with Crippen LogP contribution in [0.5, 0.6) is 0 Å². The van der Waals surface area contributed by atoms with E-state index >= 15 is 0 Å². The molecule has 2 aromatic carbocycles. The number of sulfone groups is 1. The molecule has 0 saturated heterocycles. The minimum absolute atomic E-state index is 0.0555. The summed E-state index contributed by atoms with van der Waals surface area (Å²) in [4.78, 5) is 12.1. The molecule has 0 unspecified atom stereocenters. The Morgan fingerprint density at radius 2 is 1.36 bits per heavy atom. The molecular formula is C17H13F6NO3S. The number of carbonyl (C=O) groups is 1. The summed E-state index contributed by atoms with van der Waals surface area (Å²) in [6.45, 7) is 1.42. The normalized spacial score (nSPS) is 12.7. The fourth-order valence-electron chi connectivity index (χ4n) is 2.21. The summed E-state index contributed by atoms with van der Waals surface area (Å²) >= 11 is 0. The van der Waals surface area contributed by atoms with Gasteiger partial charge in [0.25, 0.3) is 5.91 Å². The molecular weight excluding hydrogens is 412 g/mol. The van der Waals surface area contributed by atoms with E-state index < -0.39 is 44.9 Å². The molecule has 0 fully saturated rings. The number of benzene rings is 2. The zero-order valence-electron chi connectivity index (χ0n) is 14.1. The van der Waals surface area contributed by atoms with Gasteiger partial charge in [0.1, 0.15) is 0 Å². The van der Waals surface area contributed by atoms with Gasteiger partial charge < -0.3 is 5.32 Å². The Bertz CT molecular complexity index is 947. The minimum Gasteiger partial charge on any atom is -0.322 e. The summed E-state index contributed by atoms with van der Waals surface area (Å²) in [5, 5.41) is 1.97. The molecule has 2 aromatic rings. The van der Waals surface area contributed by atoms with Crippen molar-refractivity contribution in [2.45, 2.75) is 24.2 Å². The molecule has 0 aliphatic rings. The van der Waals surface area contributed by atoms with Gasteiger partial charge in [-0.25, -0.2) is 8.42 Å². The van der Waals surface area contributed by atoms with Gasteiger partial charge in [-0.15, -0.1) is 0 Å². The minimum atomic E-state index is -5.04. The molecule has 152 valence electrons. The molecule has 0 aliphatic heterocycles. The first-order valence-electron chi connectivity index (χ1n) is 7.67. The lowest BCUT2D eigenvalue weighted by molar-refractivity contribution is -0.143. The number of alkyl halides is 6. The second-order valence-electron chi connectivity index (χ2n) is 5.68. The molecule has 1 N–H and O–H groups in total.